The Morgan fingerprint density at radius 1 is 1.18 bits per heavy atom. The van der Waals surface area contributed by atoms with Crippen LogP contribution in [0, 0.1) is 6.92 Å². The van der Waals surface area contributed by atoms with E-state index in [4.69, 9.17) is 20.2 Å². The molecule has 38 heavy (non-hydrogen) atoms. The molecule has 0 spiro atoms. The summed E-state index contributed by atoms with van der Waals surface area (Å²) in [5, 5.41) is 0. The number of nitrogens with two attached hydrogens (primary N) is 1. The van der Waals surface area contributed by atoms with Crippen LogP contribution >= 0.6 is 21.6 Å². The molecule has 0 bridgehead atoms. The number of fused-ring (bicyclic) bond motifs is 2. The van der Waals surface area contributed by atoms with Gasteiger partial charge in [0.2, 0.25) is 0 Å². The van der Waals surface area contributed by atoms with Gasteiger partial charge >= 0.3 is 11.9 Å². The van der Waals surface area contributed by atoms with Crippen LogP contribution in [-0.4, -0.2) is 47.2 Å². The van der Waals surface area contributed by atoms with Crippen molar-refractivity contribution in [3.8, 4) is 11.7 Å². The lowest BCUT2D eigenvalue weighted by Crippen LogP contribution is -3.00. The Balaban J connectivity index is 0.00000400. The Labute approximate surface area is 237 Å². The van der Waals surface area contributed by atoms with Gasteiger partial charge in [0.25, 0.3) is 0 Å². The van der Waals surface area contributed by atoms with Gasteiger partial charge in [-0.3, -0.25) is 9.59 Å². The maximum atomic E-state index is 13.1. The first-order chi connectivity index (χ1) is 17.4. The highest BCUT2D eigenvalue weighted by molar-refractivity contribution is 8.76. The quantitative estimate of drug-likeness (QED) is 0.168. The van der Waals surface area contributed by atoms with Crippen LogP contribution in [-0.2, 0) is 30.9 Å². The van der Waals surface area contributed by atoms with E-state index in [1.54, 1.807) is 24.8 Å². The molecule has 4 rings (SSSR count). The number of pyridine rings is 1. The third-order valence-electron chi connectivity index (χ3n) is 7.12. The molecule has 3 aromatic rings. The molecule has 1 aliphatic rings. The van der Waals surface area contributed by atoms with Crippen LogP contribution in [0.3, 0.4) is 0 Å². The summed E-state index contributed by atoms with van der Waals surface area (Å²) in [4.78, 5) is 33.3. The monoisotopic (exact) mass is 578 g/mol. The number of nitrogens with one attached hydrogen (secondary N) is 1. The third kappa shape index (κ3) is 5.28. The van der Waals surface area contributed by atoms with Gasteiger partial charge in [0, 0.05) is 28.2 Å². The van der Waals surface area contributed by atoms with E-state index in [1.807, 2.05) is 51.4 Å². The number of ether oxygens (including phenoxy) is 2. The van der Waals surface area contributed by atoms with E-state index in [0.29, 0.717) is 24.1 Å². The first-order valence-electron chi connectivity index (χ1n) is 12.3. The Kier molecular flexibility index (Phi) is 9.13. The predicted octanol–water partition coefficient (Wildman–Crippen LogP) is 1.07. The molecule has 2 heterocycles. The number of imidazole rings is 1. The largest absolute Gasteiger partial charge is 1.00 e. The number of Topliss-reactive ketones (excluding diaryl/α,β-unsaturated/α-hetero) is 1. The molecule has 2 aromatic heterocycles. The van der Waals surface area contributed by atoms with Crippen molar-refractivity contribution in [2.45, 2.75) is 64.2 Å². The zero-order valence-electron chi connectivity index (χ0n) is 22.8. The van der Waals surface area contributed by atoms with E-state index in [2.05, 4.69) is 17.1 Å². The molecule has 1 unspecified atom stereocenters. The van der Waals surface area contributed by atoms with E-state index < -0.39 is 16.9 Å². The second kappa shape index (κ2) is 11.5. The summed E-state index contributed by atoms with van der Waals surface area (Å²) in [5.41, 5.74) is 10.6. The van der Waals surface area contributed by atoms with Gasteiger partial charge in [-0.15, -0.1) is 0 Å². The standard InChI is InChI=1S/C27H35N4O4S2.ClH/c1-8-35-23(32)18(28)13-36-37-14-21-15(2)22(34-7)9-10-31(21)25-29-19-11-16-17(12-20(19)30-25)27(5,6)24(33)26(16,3)4;/h9-12,18H,8,13-14,28H2,1-7H3,(H,29,30);1H/q+1;/p-1. The number of aromatic amines is 1. The van der Waals surface area contributed by atoms with Gasteiger partial charge in [-0.2, -0.15) is 0 Å². The van der Waals surface area contributed by atoms with Crippen molar-refractivity contribution in [2.24, 2.45) is 5.73 Å². The van der Waals surface area contributed by atoms with Gasteiger partial charge in [0.15, 0.2) is 11.3 Å². The van der Waals surface area contributed by atoms with Crippen molar-refractivity contribution in [3.63, 3.8) is 0 Å². The number of hydrogen-bond donors (Lipinski definition) is 2. The second-order valence-corrected chi connectivity index (χ2v) is 12.8. The minimum Gasteiger partial charge on any atom is -1.00 e. The van der Waals surface area contributed by atoms with Gasteiger partial charge in [0.1, 0.15) is 23.0 Å². The molecule has 1 aliphatic carbocycles. The Morgan fingerprint density at radius 3 is 2.47 bits per heavy atom. The van der Waals surface area contributed by atoms with Crippen molar-refractivity contribution in [1.29, 1.82) is 0 Å². The van der Waals surface area contributed by atoms with Crippen LogP contribution in [0.1, 0.15) is 57.0 Å². The lowest BCUT2D eigenvalue weighted by atomic mass is 9.80. The van der Waals surface area contributed by atoms with Gasteiger partial charge in [-0.1, -0.05) is 26.6 Å². The van der Waals surface area contributed by atoms with Crippen LogP contribution in [0.4, 0.5) is 0 Å². The molecule has 0 saturated carbocycles. The van der Waals surface area contributed by atoms with Crippen molar-refractivity contribution in [2.75, 3.05) is 19.5 Å². The molecule has 1 atom stereocenters. The fraction of sp³-hybridized carbons (Fsp3) is 0.481. The molecule has 3 N–H and O–H groups in total. The van der Waals surface area contributed by atoms with Crippen LogP contribution in [0.25, 0.3) is 17.0 Å². The molecule has 206 valence electrons. The van der Waals surface area contributed by atoms with E-state index in [9.17, 15) is 9.59 Å². The first-order valence-corrected chi connectivity index (χ1v) is 14.8. The number of ketones is 1. The number of carbonyl (C=O) groups excluding carboxylic acids is 2. The maximum absolute atomic E-state index is 13.1. The molecule has 0 aliphatic heterocycles. The normalized spacial score (nSPS) is 16.2. The molecular weight excluding hydrogens is 544 g/mol. The number of benzene rings is 1. The minimum atomic E-state index is -0.659. The molecule has 8 nitrogen and oxygen atoms in total. The van der Waals surface area contributed by atoms with Crippen LogP contribution < -0.4 is 27.4 Å². The molecule has 0 radical (unpaired) electrons. The van der Waals surface area contributed by atoms with E-state index >= 15 is 0 Å². The number of esters is 1. The average Bonchev–Trinajstić information content (AvgIpc) is 3.33. The van der Waals surface area contributed by atoms with Crippen molar-refractivity contribution in [1.82, 2.24) is 9.97 Å². The Hall–Kier alpha value is -2.27. The topological polar surface area (TPSA) is 111 Å². The maximum Gasteiger partial charge on any atom is 0.402 e. The van der Waals surface area contributed by atoms with Crippen LogP contribution in [0.5, 0.6) is 5.75 Å². The molecule has 0 fully saturated rings. The number of methoxy groups -OCH3 is 1. The van der Waals surface area contributed by atoms with Gasteiger partial charge < -0.3 is 27.6 Å². The highest BCUT2D eigenvalue weighted by Crippen LogP contribution is 2.47. The average molecular weight is 579 g/mol. The minimum absolute atomic E-state index is 0. The summed E-state index contributed by atoms with van der Waals surface area (Å²) < 4.78 is 12.6. The molecule has 11 heteroatoms. The Bertz CT molecular complexity index is 1320. The smallest absolute Gasteiger partial charge is 0.402 e. The van der Waals surface area contributed by atoms with Gasteiger partial charge in [-0.05, 0) is 64.8 Å². The summed E-state index contributed by atoms with van der Waals surface area (Å²) in [7, 11) is 4.80. The van der Waals surface area contributed by atoms with Crippen molar-refractivity contribution >= 4 is 44.4 Å². The lowest BCUT2D eigenvalue weighted by Gasteiger charge is -2.21. The molecule has 0 amide bonds. The molecule has 1 aromatic carbocycles. The highest BCUT2D eigenvalue weighted by Gasteiger charge is 2.50. The summed E-state index contributed by atoms with van der Waals surface area (Å²) in [6.45, 7) is 12.1. The van der Waals surface area contributed by atoms with Gasteiger partial charge in [-0.25, -0.2) is 9.55 Å². The Morgan fingerprint density at radius 2 is 1.84 bits per heavy atom. The van der Waals surface area contributed by atoms with E-state index in [1.165, 1.54) is 10.8 Å². The number of halogens is 1. The van der Waals surface area contributed by atoms with E-state index in [0.717, 1.165) is 39.2 Å². The fourth-order valence-corrected chi connectivity index (χ4v) is 7.27. The van der Waals surface area contributed by atoms with Crippen LogP contribution in [0.15, 0.2) is 24.4 Å². The predicted molar refractivity (Wildman–Crippen MR) is 148 cm³/mol. The second-order valence-electron chi connectivity index (χ2n) is 10.3. The summed E-state index contributed by atoms with van der Waals surface area (Å²) in [6.07, 6.45) is 1.94. The number of carbonyl (C=O) groups is 2. The van der Waals surface area contributed by atoms with Crippen LogP contribution in [0.2, 0.25) is 0 Å². The number of hydrogen-bond acceptors (Lipinski definition) is 8. The highest BCUT2D eigenvalue weighted by atomic mass is 35.5. The lowest BCUT2D eigenvalue weighted by molar-refractivity contribution is -0.610. The zero-order chi connectivity index (χ0) is 27.1. The number of nitrogens with zero attached hydrogens (tertiary/aromatic N) is 2. The zero-order valence-corrected chi connectivity index (χ0v) is 25.2. The number of H-pyrrole nitrogens is 1. The van der Waals surface area contributed by atoms with E-state index in [-0.39, 0.29) is 24.2 Å². The summed E-state index contributed by atoms with van der Waals surface area (Å²) in [5.74, 6) is 2.42. The van der Waals surface area contributed by atoms with Crippen molar-refractivity contribution < 1.29 is 36.0 Å². The first kappa shape index (κ1) is 30.3. The summed E-state index contributed by atoms with van der Waals surface area (Å²) >= 11 is 0. The fourth-order valence-electron chi connectivity index (χ4n) is 5.03. The SMILES string of the molecule is CCOC(=O)C(N)CSSCc1c(C)c(OC)cc[n+]1-c1nc2cc3c(cc2[nH]1)C(C)(C)C(=O)C3(C)C.[Cl-]. The van der Waals surface area contributed by atoms with Crippen molar-refractivity contribution in [3.05, 3.63) is 46.8 Å². The molecular formula is C27H35ClN4O4S2. The third-order valence-corrected chi connectivity index (χ3v) is 9.44. The van der Waals surface area contributed by atoms with Gasteiger partial charge in [0.05, 0.1) is 25.7 Å². The number of aromatic nitrogens is 3. The molecule has 0 saturated heterocycles. The number of rotatable bonds is 9. The summed E-state index contributed by atoms with van der Waals surface area (Å²) in [6, 6.07) is 5.39.